The summed E-state index contributed by atoms with van der Waals surface area (Å²) in [6, 6.07) is 9.33. The standard InChI is InChI=1S/C25H30N6O4.ClH/c1-2-27-24(32)30-23-15-21-20(18-5-7-26-8-6-18)4-3-19(22(21)17-28-23)16-29-25(33)35-14-11-31-9-12-34-13-10-31;/h3-8,15,17H,2,9-14,16H2,1H3,(H,29,33)(H2,27,28,30,32);1H. The Morgan fingerprint density at radius 3 is 2.61 bits per heavy atom. The van der Waals surface area contributed by atoms with Crippen LogP contribution in [0.3, 0.4) is 0 Å². The topological polar surface area (TPSA) is 118 Å². The van der Waals surface area contributed by atoms with Crippen LogP contribution in [-0.4, -0.2) is 73.0 Å². The van der Waals surface area contributed by atoms with E-state index in [1.54, 1.807) is 18.6 Å². The number of anilines is 1. The van der Waals surface area contributed by atoms with E-state index in [4.69, 9.17) is 9.47 Å². The zero-order valence-corrected chi connectivity index (χ0v) is 21.0. The summed E-state index contributed by atoms with van der Waals surface area (Å²) < 4.78 is 10.7. The monoisotopic (exact) mass is 514 g/mol. The second-order valence-corrected chi connectivity index (χ2v) is 8.05. The molecule has 36 heavy (non-hydrogen) atoms. The zero-order valence-electron chi connectivity index (χ0n) is 20.2. The average molecular weight is 515 g/mol. The first-order valence-electron chi connectivity index (χ1n) is 11.7. The van der Waals surface area contributed by atoms with E-state index in [0.717, 1.165) is 40.6 Å². The number of ether oxygens (including phenoxy) is 2. The molecule has 3 aromatic rings. The van der Waals surface area contributed by atoms with Crippen LogP contribution in [0.4, 0.5) is 15.4 Å². The van der Waals surface area contributed by atoms with Crippen molar-refractivity contribution in [3.05, 3.63) is 54.5 Å². The highest BCUT2D eigenvalue weighted by Crippen LogP contribution is 2.31. The van der Waals surface area contributed by atoms with Gasteiger partial charge in [-0.25, -0.2) is 14.6 Å². The molecule has 2 aromatic heterocycles. The first kappa shape index (κ1) is 27.1. The number of hydrogen-bond acceptors (Lipinski definition) is 7. The Bertz CT molecular complexity index is 1160. The number of carbonyl (C=O) groups is 2. The molecule has 1 aliphatic rings. The third-order valence-electron chi connectivity index (χ3n) is 5.73. The van der Waals surface area contributed by atoms with Gasteiger partial charge in [0.1, 0.15) is 12.4 Å². The second kappa shape index (κ2) is 13.6. The number of aromatic nitrogens is 2. The average Bonchev–Trinajstić information content (AvgIpc) is 2.88. The van der Waals surface area contributed by atoms with E-state index < -0.39 is 6.09 Å². The lowest BCUT2D eigenvalue weighted by Crippen LogP contribution is -2.39. The van der Waals surface area contributed by atoms with Gasteiger partial charge in [-0.1, -0.05) is 12.1 Å². The van der Waals surface area contributed by atoms with Crippen LogP contribution in [0.5, 0.6) is 0 Å². The number of rotatable bonds is 8. The molecule has 1 aliphatic heterocycles. The summed E-state index contributed by atoms with van der Waals surface area (Å²) in [5.41, 5.74) is 2.85. The van der Waals surface area contributed by atoms with Gasteiger partial charge in [0.2, 0.25) is 0 Å². The molecule has 4 rings (SSSR count). The number of nitrogens with one attached hydrogen (secondary N) is 3. The Balaban J connectivity index is 0.00000361. The summed E-state index contributed by atoms with van der Waals surface area (Å²) >= 11 is 0. The van der Waals surface area contributed by atoms with E-state index in [9.17, 15) is 9.59 Å². The van der Waals surface area contributed by atoms with Gasteiger partial charge in [0.25, 0.3) is 0 Å². The van der Waals surface area contributed by atoms with E-state index in [0.29, 0.717) is 38.7 Å². The highest BCUT2D eigenvalue weighted by Gasteiger charge is 2.13. The molecule has 192 valence electrons. The van der Waals surface area contributed by atoms with Gasteiger partial charge in [0.05, 0.1) is 13.2 Å². The first-order valence-corrected chi connectivity index (χ1v) is 11.7. The van der Waals surface area contributed by atoms with Gasteiger partial charge in [-0.05, 0) is 47.2 Å². The van der Waals surface area contributed by atoms with Crippen LogP contribution >= 0.6 is 12.4 Å². The minimum absolute atomic E-state index is 0. The number of urea groups is 1. The Morgan fingerprint density at radius 2 is 1.86 bits per heavy atom. The minimum atomic E-state index is -0.466. The van der Waals surface area contributed by atoms with E-state index >= 15 is 0 Å². The molecule has 0 unspecified atom stereocenters. The number of hydrogen-bond donors (Lipinski definition) is 3. The fraction of sp³-hybridized carbons (Fsp3) is 0.360. The van der Waals surface area contributed by atoms with Crippen LogP contribution in [-0.2, 0) is 16.0 Å². The van der Waals surface area contributed by atoms with E-state index in [2.05, 4.69) is 30.8 Å². The largest absolute Gasteiger partial charge is 0.448 e. The first-order chi connectivity index (χ1) is 17.1. The van der Waals surface area contributed by atoms with Crippen LogP contribution in [0, 0.1) is 0 Å². The molecule has 1 saturated heterocycles. The Labute approximate surface area is 216 Å². The molecule has 0 atom stereocenters. The smallest absolute Gasteiger partial charge is 0.407 e. The molecule has 1 fully saturated rings. The Morgan fingerprint density at radius 1 is 1.08 bits per heavy atom. The molecule has 0 aliphatic carbocycles. The highest BCUT2D eigenvalue weighted by molar-refractivity contribution is 6.00. The van der Waals surface area contributed by atoms with Gasteiger partial charge in [-0.15, -0.1) is 12.4 Å². The summed E-state index contributed by atoms with van der Waals surface area (Å²) in [6.45, 7) is 6.79. The summed E-state index contributed by atoms with van der Waals surface area (Å²) in [5, 5.41) is 10.1. The van der Waals surface area contributed by atoms with Crippen LogP contribution in [0.1, 0.15) is 12.5 Å². The summed E-state index contributed by atoms with van der Waals surface area (Å²) in [6.07, 6.45) is 4.71. The fourth-order valence-corrected chi connectivity index (χ4v) is 3.93. The van der Waals surface area contributed by atoms with Crippen LogP contribution in [0.2, 0.25) is 0 Å². The van der Waals surface area contributed by atoms with Crippen LogP contribution in [0.25, 0.3) is 21.9 Å². The lowest BCUT2D eigenvalue weighted by atomic mass is 9.96. The van der Waals surface area contributed by atoms with Crippen molar-refractivity contribution < 1.29 is 19.1 Å². The van der Waals surface area contributed by atoms with E-state index in [1.807, 2.05) is 37.3 Å². The number of alkyl carbamates (subject to hydrolysis) is 1. The van der Waals surface area contributed by atoms with Gasteiger partial charge in [0, 0.05) is 56.7 Å². The fourth-order valence-electron chi connectivity index (χ4n) is 3.93. The van der Waals surface area contributed by atoms with Crippen molar-refractivity contribution in [2.24, 2.45) is 0 Å². The van der Waals surface area contributed by atoms with E-state index in [-0.39, 0.29) is 25.0 Å². The van der Waals surface area contributed by atoms with Crippen molar-refractivity contribution in [2.45, 2.75) is 13.5 Å². The maximum Gasteiger partial charge on any atom is 0.407 e. The molecular formula is C25H31ClN6O4. The molecule has 10 nitrogen and oxygen atoms in total. The van der Waals surface area contributed by atoms with Gasteiger partial charge < -0.3 is 20.1 Å². The number of amides is 3. The highest BCUT2D eigenvalue weighted by atomic mass is 35.5. The SMILES string of the molecule is CCNC(=O)Nc1cc2c(-c3ccncc3)ccc(CNC(=O)OCCN3CCOCC3)c2cn1.Cl. The van der Waals surface area contributed by atoms with Crippen molar-refractivity contribution in [1.82, 2.24) is 25.5 Å². The molecule has 1 aromatic carbocycles. The molecule has 0 bridgehead atoms. The van der Waals surface area contributed by atoms with Crippen LogP contribution < -0.4 is 16.0 Å². The number of nitrogens with zero attached hydrogens (tertiary/aromatic N) is 3. The lowest BCUT2D eigenvalue weighted by molar-refractivity contribution is 0.0281. The number of pyridine rings is 2. The van der Waals surface area contributed by atoms with Crippen molar-refractivity contribution in [2.75, 3.05) is 51.3 Å². The summed E-state index contributed by atoms with van der Waals surface area (Å²) in [4.78, 5) is 35.0. The van der Waals surface area contributed by atoms with Gasteiger partial charge in [0.15, 0.2) is 0 Å². The normalized spacial score (nSPS) is 13.5. The molecule has 0 spiro atoms. The molecule has 3 N–H and O–H groups in total. The van der Waals surface area contributed by atoms with Gasteiger partial charge in [-0.2, -0.15) is 0 Å². The summed E-state index contributed by atoms with van der Waals surface area (Å²) in [5.74, 6) is 0.436. The number of benzene rings is 1. The van der Waals surface area contributed by atoms with Crippen molar-refractivity contribution in [3.63, 3.8) is 0 Å². The van der Waals surface area contributed by atoms with E-state index in [1.165, 1.54) is 0 Å². The molecular weight excluding hydrogens is 484 g/mol. The second-order valence-electron chi connectivity index (χ2n) is 8.05. The molecule has 0 saturated carbocycles. The number of halogens is 1. The third kappa shape index (κ3) is 7.27. The van der Waals surface area contributed by atoms with Gasteiger partial charge in [-0.3, -0.25) is 15.2 Å². The maximum absolute atomic E-state index is 12.3. The Hall–Kier alpha value is -3.47. The molecule has 11 heteroatoms. The third-order valence-corrected chi connectivity index (χ3v) is 5.73. The van der Waals surface area contributed by atoms with Crippen molar-refractivity contribution >= 4 is 41.1 Å². The lowest BCUT2D eigenvalue weighted by Gasteiger charge is -2.26. The minimum Gasteiger partial charge on any atom is -0.448 e. The quantitative estimate of drug-likeness (QED) is 0.421. The maximum atomic E-state index is 12.3. The predicted molar refractivity (Wildman–Crippen MR) is 140 cm³/mol. The molecule has 3 amide bonds. The zero-order chi connectivity index (χ0) is 24.5. The predicted octanol–water partition coefficient (Wildman–Crippen LogP) is 3.42. The van der Waals surface area contributed by atoms with Gasteiger partial charge >= 0.3 is 12.1 Å². The molecule has 0 radical (unpaired) electrons. The molecule has 3 heterocycles. The van der Waals surface area contributed by atoms with Crippen LogP contribution in [0.15, 0.2) is 48.9 Å². The van der Waals surface area contributed by atoms with Crippen molar-refractivity contribution in [3.8, 4) is 11.1 Å². The Kier molecular flexibility index (Phi) is 10.2. The van der Waals surface area contributed by atoms with Crippen molar-refractivity contribution in [1.29, 1.82) is 0 Å². The number of morpholine rings is 1. The number of carbonyl (C=O) groups excluding carboxylic acids is 2. The number of fused-ring (bicyclic) bond motifs is 1. The summed E-state index contributed by atoms with van der Waals surface area (Å²) in [7, 11) is 0.